The van der Waals surface area contributed by atoms with Crippen molar-refractivity contribution in [2.45, 2.75) is 64.5 Å². The number of nitrogens with zero attached hydrogens (tertiary/aromatic N) is 2. The summed E-state index contributed by atoms with van der Waals surface area (Å²) in [6, 6.07) is 15.7. The minimum absolute atomic E-state index is 0.0302. The molecule has 0 spiro atoms. The second-order valence-corrected chi connectivity index (χ2v) is 9.80. The van der Waals surface area contributed by atoms with Gasteiger partial charge in [0.05, 0.1) is 7.11 Å². The Kier molecular flexibility index (Phi) is 10.5. The summed E-state index contributed by atoms with van der Waals surface area (Å²) in [7, 11) is 3.70. The van der Waals surface area contributed by atoms with Gasteiger partial charge in [0.2, 0.25) is 0 Å². The van der Waals surface area contributed by atoms with Crippen LogP contribution in [0.15, 0.2) is 48.5 Å². The average molecular weight is 479 g/mol. The van der Waals surface area contributed by atoms with Crippen LogP contribution in [-0.4, -0.2) is 57.3 Å². The van der Waals surface area contributed by atoms with Crippen LogP contribution in [-0.2, 0) is 0 Å². The molecule has 0 radical (unpaired) electrons. The van der Waals surface area contributed by atoms with Gasteiger partial charge in [-0.05, 0) is 69.5 Å². The quantitative estimate of drug-likeness (QED) is 0.393. The highest BCUT2D eigenvalue weighted by Gasteiger charge is 2.25. The zero-order valence-electron chi connectivity index (χ0n) is 22.5. The van der Waals surface area contributed by atoms with Crippen molar-refractivity contribution in [1.82, 2.24) is 4.90 Å². The fourth-order valence-electron chi connectivity index (χ4n) is 5.29. The Morgan fingerprint density at radius 3 is 2.43 bits per heavy atom. The van der Waals surface area contributed by atoms with E-state index in [1.807, 2.05) is 7.05 Å². The number of piperidine rings is 1. The molecule has 1 aliphatic rings. The van der Waals surface area contributed by atoms with Gasteiger partial charge in [-0.2, -0.15) is 0 Å². The Balaban J connectivity index is 1.74. The lowest BCUT2D eigenvalue weighted by atomic mass is 9.90. The number of methoxy groups -OCH3 is 1. The Morgan fingerprint density at radius 2 is 1.83 bits per heavy atom. The van der Waals surface area contributed by atoms with E-state index in [2.05, 4.69) is 90.5 Å². The van der Waals surface area contributed by atoms with Gasteiger partial charge in [0.15, 0.2) is 0 Å². The van der Waals surface area contributed by atoms with E-state index in [-0.39, 0.29) is 12.0 Å². The van der Waals surface area contributed by atoms with E-state index in [0.29, 0.717) is 6.04 Å². The molecule has 1 heterocycles. The Labute approximate surface area is 213 Å². The van der Waals surface area contributed by atoms with E-state index in [9.17, 15) is 0 Å². The van der Waals surface area contributed by atoms with E-state index in [0.717, 1.165) is 35.7 Å². The van der Waals surface area contributed by atoms with Crippen LogP contribution in [0.1, 0.15) is 63.5 Å². The van der Waals surface area contributed by atoms with Gasteiger partial charge in [0.25, 0.3) is 0 Å². The lowest BCUT2D eigenvalue weighted by Crippen LogP contribution is -2.45. The van der Waals surface area contributed by atoms with Crippen LogP contribution < -0.4 is 20.7 Å². The first-order valence-corrected chi connectivity index (χ1v) is 13.4. The zero-order valence-corrected chi connectivity index (χ0v) is 22.5. The van der Waals surface area contributed by atoms with Crippen LogP contribution >= 0.6 is 0 Å². The molecule has 1 saturated heterocycles. The topological polar surface area (TPSA) is 53.8 Å². The number of benzene rings is 2. The van der Waals surface area contributed by atoms with Crippen LogP contribution in [0.3, 0.4) is 0 Å². The van der Waals surface area contributed by atoms with Crippen molar-refractivity contribution in [1.29, 1.82) is 0 Å². The SMILES string of the molecule is CCCN(CCC)C1CCN(c2ccc(C(/C=C\c3cccc(NC)c3)C(C)N)c(OC)c2)CC1. The number of hydrogen-bond acceptors (Lipinski definition) is 5. The molecular weight excluding hydrogens is 432 g/mol. The van der Waals surface area contributed by atoms with Crippen LogP contribution in [0.25, 0.3) is 6.08 Å². The fraction of sp³-hybridized carbons (Fsp3) is 0.533. The van der Waals surface area contributed by atoms with Crippen LogP contribution in [0, 0.1) is 0 Å². The third-order valence-electron chi connectivity index (χ3n) is 7.18. The molecule has 3 N–H and O–H groups in total. The zero-order chi connectivity index (χ0) is 25.2. The van der Waals surface area contributed by atoms with Gasteiger partial charge in [-0.15, -0.1) is 0 Å². The molecule has 0 aromatic heterocycles. The molecule has 0 aliphatic carbocycles. The summed E-state index contributed by atoms with van der Waals surface area (Å²) in [5, 5.41) is 3.20. The minimum atomic E-state index is -0.0302. The molecule has 1 aliphatic heterocycles. The molecule has 0 amide bonds. The summed E-state index contributed by atoms with van der Waals surface area (Å²) in [5.74, 6) is 0.985. The number of anilines is 2. The first-order chi connectivity index (χ1) is 17.0. The summed E-state index contributed by atoms with van der Waals surface area (Å²) in [5.41, 5.74) is 11.1. The molecule has 2 atom stereocenters. The monoisotopic (exact) mass is 478 g/mol. The van der Waals surface area contributed by atoms with Crippen LogP contribution in [0.4, 0.5) is 11.4 Å². The van der Waals surface area contributed by atoms with Crippen LogP contribution in [0.2, 0.25) is 0 Å². The van der Waals surface area contributed by atoms with Gasteiger partial charge in [-0.25, -0.2) is 0 Å². The van der Waals surface area contributed by atoms with Crippen molar-refractivity contribution < 1.29 is 4.74 Å². The molecule has 1 fully saturated rings. The number of hydrogen-bond donors (Lipinski definition) is 2. The van der Waals surface area contributed by atoms with E-state index in [1.165, 1.54) is 44.5 Å². The molecular formula is C30H46N4O. The third-order valence-corrected chi connectivity index (χ3v) is 7.18. The van der Waals surface area contributed by atoms with Gasteiger partial charge >= 0.3 is 0 Å². The average Bonchev–Trinajstić information content (AvgIpc) is 2.89. The molecule has 2 aromatic carbocycles. The van der Waals surface area contributed by atoms with E-state index < -0.39 is 0 Å². The van der Waals surface area contributed by atoms with Crippen molar-refractivity contribution in [3.8, 4) is 5.75 Å². The molecule has 0 saturated carbocycles. The van der Waals surface area contributed by atoms with Gasteiger partial charge in [0.1, 0.15) is 5.75 Å². The lowest BCUT2D eigenvalue weighted by Gasteiger charge is -2.39. The predicted octanol–water partition coefficient (Wildman–Crippen LogP) is 5.97. The highest BCUT2D eigenvalue weighted by molar-refractivity contribution is 5.60. The summed E-state index contributed by atoms with van der Waals surface area (Å²) >= 11 is 0. The molecule has 0 bridgehead atoms. The maximum Gasteiger partial charge on any atom is 0.124 e. The van der Waals surface area contributed by atoms with Gasteiger partial charge in [-0.3, -0.25) is 0 Å². The third kappa shape index (κ3) is 7.25. The van der Waals surface area contributed by atoms with E-state index in [4.69, 9.17) is 10.5 Å². The Bertz CT molecular complexity index is 928. The Morgan fingerprint density at radius 1 is 1.11 bits per heavy atom. The number of nitrogens with one attached hydrogen (secondary N) is 1. The smallest absolute Gasteiger partial charge is 0.124 e. The Hall–Kier alpha value is -2.50. The molecule has 5 nitrogen and oxygen atoms in total. The normalized spacial score (nSPS) is 16.6. The van der Waals surface area contributed by atoms with Crippen molar-refractivity contribution >= 4 is 17.5 Å². The molecule has 5 heteroatoms. The first-order valence-electron chi connectivity index (χ1n) is 13.4. The maximum absolute atomic E-state index is 6.45. The van der Waals surface area contributed by atoms with Crippen molar-refractivity contribution in [3.05, 3.63) is 59.7 Å². The first kappa shape index (κ1) is 27.1. The van der Waals surface area contributed by atoms with Gasteiger partial charge < -0.3 is 25.6 Å². The number of ether oxygens (including phenoxy) is 1. The summed E-state index contributed by atoms with van der Waals surface area (Å²) in [4.78, 5) is 5.21. The van der Waals surface area contributed by atoms with Crippen molar-refractivity contribution in [3.63, 3.8) is 0 Å². The molecule has 3 rings (SSSR count). The van der Waals surface area contributed by atoms with Gasteiger partial charge in [0, 0.05) is 61.1 Å². The standard InChI is InChI=1S/C30H46N4O/c1-6-17-33(18-7-2)26-15-19-34(20-16-26)27-12-14-29(30(22-27)35-5)28(23(3)31)13-11-24-9-8-10-25(21-24)32-4/h8-14,21-23,26,28,32H,6-7,15-20,31H2,1-5H3/b13-11-. The number of rotatable bonds is 12. The maximum atomic E-state index is 6.45. The summed E-state index contributed by atoms with van der Waals surface area (Å²) in [6.07, 6.45) is 9.27. The molecule has 35 heavy (non-hydrogen) atoms. The largest absolute Gasteiger partial charge is 0.496 e. The van der Waals surface area contributed by atoms with Crippen molar-refractivity contribution in [2.24, 2.45) is 5.73 Å². The molecule has 2 aromatic rings. The predicted molar refractivity (Wildman–Crippen MR) is 152 cm³/mol. The second kappa shape index (κ2) is 13.6. The highest BCUT2D eigenvalue weighted by Crippen LogP contribution is 2.35. The summed E-state index contributed by atoms with van der Waals surface area (Å²) < 4.78 is 5.89. The lowest BCUT2D eigenvalue weighted by molar-refractivity contribution is 0.169. The van der Waals surface area contributed by atoms with E-state index in [1.54, 1.807) is 7.11 Å². The molecule has 192 valence electrons. The fourth-order valence-corrected chi connectivity index (χ4v) is 5.29. The molecule has 2 unspecified atom stereocenters. The number of nitrogens with two attached hydrogens (primary N) is 1. The van der Waals surface area contributed by atoms with E-state index >= 15 is 0 Å². The van der Waals surface area contributed by atoms with Crippen molar-refractivity contribution in [2.75, 3.05) is 50.6 Å². The second-order valence-electron chi connectivity index (χ2n) is 9.80. The van der Waals surface area contributed by atoms with Crippen LogP contribution in [0.5, 0.6) is 5.75 Å². The minimum Gasteiger partial charge on any atom is -0.496 e. The summed E-state index contributed by atoms with van der Waals surface area (Å²) in [6.45, 7) is 11.3. The highest BCUT2D eigenvalue weighted by atomic mass is 16.5. The van der Waals surface area contributed by atoms with Gasteiger partial charge in [-0.1, -0.05) is 44.2 Å².